The summed E-state index contributed by atoms with van der Waals surface area (Å²) in [6, 6.07) is 17.6. The molecule has 36 heavy (non-hydrogen) atoms. The highest BCUT2D eigenvalue weighted by molar-refractivity contribution is 6.01. The molecular formula is C28H21N5O3. The lowest BCUT2D eigenvalue weighted by molar-refractivity contribution is -0.103. The molecule has 1 atom stereocenters. The van der Waals surface area contributed by atoms with Gasteiger partial charge in [0, 0.05) is 29.3 Å². The number of rotatable bonds is 4. The zero-order chi connectivity index (χ0) is 25.2. The molecule has 1 N–H and O–H groups in total. The highest BCUT2D eigenvalue weighted by Crippen LogP contribution is 2.24. The van der Waals surface area contributed by atoms with Gasteiger partial charge in [-0.1, -0.05) is 36.3 Å². The molecule has 0 unspecified atom stereocenters. The van der Waals surface area contributed by atoms with E-state index in [1.807, 2.05) is 49.4 Å². The summed E-state index contributed by atoms with van der Waals surface area (Å²) < 4.78 is 3.13. The van der Waals surface area contributed by atoms with Gasteiger partial charge in [-0.15, -0.1) is 0 Å². The van der Waals surface area contributed by atoms with E-state index in [1.165, 1.54) is 0 Å². The number of amides is 1. The number of aryl methyl sites for hydroxylation is 1. The van der Waals surface area contributed by atoms with Gasteiger partial charge in [0.1, 0.15) is 5.56 Å². The van der Waals surface area contributed by atoms with Gasteiger partial charge in [0.15, 0.2) is 11.9 Å². The Bertz CT molecular complexity index is 1760. The van der Waals surface area contributed by atoms with Crippen molar-refractivity contribution in [2.24, 2.45) is 0 Å². The number of nitrogens with one attached hydrogen (secondary N) is 1. The van der Waals surface area contributed by atoms with E-state index in [-0.39, 0.29) is 11.5 Å². The van der Waals surface area contributed by atoms with Gasteiger partial charge in [0.2, 0.25) is 0 Å². The van der Waals surface area contributed by atoms with Crippen molar-refractivity contribution >= 4 is 28.6 Å². The second kappa shape index (κ2) is 9.31. The van der Waals surface area contributed by atoms with E-state index in [4.69, 9.17) is 0 Å². The van der Waals surface area contributed by atoms with Crippen LogP contribution < -0.4 is 10.9 Å². The first-order chi connectivity index (χ1) is 17.5. The van der Waals surface area contributed by atoms with Crippen molar-refractivity contribution in [3.63, 3.8) is 0 Å². The topological polar surface area (TPSA) is 98.4 Å². The molecule has 8 heteroatoms. The molecule has 0 aliphatic rings. The van der Waals surface area contributed by atoms with E-state index >= 15 is 0 Å². The van der Waals surface area contributed by atoms with Crippen molar-refractivity contribution in [2.75, 3.05) is 0 Å². The number of hydrogen-bond donors (Lipinski definition) is 1. The molecule has 0 bridgehead atoms. The smallest absolute Gasteiger partial charge is 0.264 e. The minimum Gasteiger partial charge on any atom is -0.344 e. The van der Waals surface area contributed by atoms with Crippen molar-refractivity contribution in [3.8, 4) is 17.5 Å². The molecule has 0 aliphatic heterocycles. The number of nitrogens with zero attached hydrogens (tertiary/aromatic N) is 4. The van der Waals surface area contributed by atoms with Gasteiger partial charge in [-0.2, -0.15) is 5.10 Å². The number of benzene rings is 2. The molecule has 0 fully saturated rings. The molecule has 5 rings (SSSR count). The number of aromatic nitrogens is 4. The summed E-state index contributed by atoms with van der Waals surface area (Å²) in [5.74, 6) is 4.81. The maximum Gasteiger partial charge on any atom is 0.264 e. The van der Waals surface area contributed by atoms with Gasteiger partial charge in [-0.05, 0) is 55.5 Å². The number of para-hydroxylation sites is 1. The number of fused-ring (bicyclic) bond motifs is 2. The fourth-order valence-corrected chi connectivity index (χ4v) is 4.36. The van der Waals surface area contributed by atoms with E-state index in [0.717, 1.165) is 0 Å². The summed E-state index contributed by atoms with van der Waals surface area (Å²) in [6.07, 6.45) is 3.84. The van der Waals surface area contributed by atoms with E-state index in [2.05, 4.69) is 27.2 Å². The summed E-state index contributed by atoms with van der Waals surface area (Å²) in [6.45, 7) is 3.58. The van der Waals surface area contributed by atoms with Gasteiger partial charge >= 0.3 is 0 Å². The van der Waals surface area contributed by atoms with Crippen LogP contribution in [0.25, 0.3) is 22.1 Å². The van der Waals surface area contributed by atoms with Crippen molar-refractivity contribution in [1.29, 1.82) is 0 Å². The minimum absolute atomic E-state index is 0.292. The predicted octanol–water partition coefficient (Wildman–Crippen LogP) is 3.38. The van der Waals surface area contributed by atoms with E-state index in [1.54, 1.807) is 46.6 Å². The van der Waals surface area contributed by atoms with Crippen LogP contribution >= 0.6 is 0 Å². The highest BCUT2D eigenvalue weighted by atomic mass is 16.2. The molecule has 5 aromatic rings. The lowest BCUT2D eigenvalue weighted by Crippen LogP contribution is -2.32. The molecule has 8 nitrogen and oxygen atoms in total. The average Bonchev–Trinajstić information content (AvgIpc) is 3.23. The minimum atomic E-state index is -0.544. The molecular weight excluding hydrogens is 454 g/mol. The van der Waals surface area contributed by atoms with Crippen molar-refractivity contribution in [3.05, 3.63) is 106 Å². The molecule has 0 radical (unpaired) electrons. The second-order valence-electron chi connectivity index (χ2n) is 8.25. The van der Waals surface area contributed by atoms with Crippen LogP contribution in [0, 0.1) is 18.8 Å². The Balaban J connectivity index is 1.66. The summed E-state index contributed by atoms with van der Waals surface area (Å²) in [7, 11) is 0. The molecule has 3 heterocycles. The van der Waals surface area contributed by atoms with Gasteiger partial charge in [-0.3, -0.25) is 19.0 Å². The fraction of sp³-hybridized carbons (Fsp3) is 0.107. The first-order valence-electron chi connectivity index (χ1n) is 11.3. The van der Waals surface area contributed by atoms with E-state index < -0.39 is 6.04 Å². The van der Waals surface area contributed by atoms with E-state index in [0.29, 0.717) is 50.9 Å². The number of pyridine rings is 1. The third-order valence-electron chi connectivity index (χ3n) is 5.94. The highest BCUT2D eigenvalue weighted by Gasteiger charge is 2.23. The number of hydrogen-bond acceptors (Lipinski definition) is 5. The normalized spacial score (nSPS) is 11.6. The molecule has 0 saturated heterocycles. The zero-order valence-corrected chi connectivity index (χ0v) is 19.6. The van der Waals surface area contributed by atoms with Crippen LogP contribution in [0.2, 0.25) is 0 Å². The standard InChI is InChI=1S/C28H21N5O3/c1-18(30-27(35)24-19(2)31-32-15-8-14-29-26(24)32)23-17-21-10-6-9-20(11-7-16-34)25(21)28(36)33(23)22-12-4-3-5-13-22/h3-6,8-10,12-18H,1-2H3,(H,30,35)/t18-/m1/s1. The van der Waals surface area contributed by atoms with Crippen LogP contribution in [0.1, 0.15) is 40.3 Å². The Labute approximate surface area is 206 Å². The Hall–Kier alpha value is -5.03. The first kappa shape index (κ1) is 22.7. The maximum absolute atomic E-state index is 13.9. The van der Waals surface area contributed by atoms with Crippen molar-refractivity contribution in [2.45, 2.75) is 19.9 Å². The predicted molar refractivity (Wildman–Crippen MR) is 136 cm³/mol. The SMILES string of the molecule is Cc1nn2cccnc2c1C(=O)N[C@H](C)c1cc2cccc(C#CC=O)c2c(=O)n1-c1ccccc1. The van der Waals surface area contributed by atoms with Gasteiger partial charge < -0.3 is 5.32 Å². The monoisotopic (exact) mass is 475 g/mol. The van der Waals surface area contributed by atoms with Crippen LogP contribution in [-0.2, 0) is 4.79 Å². The largest absolute Gasteiger partial charge is 0.344 e. The molecule has 176 valence electrons. The van der Waals surface area contributed by atoms with Gasteiger partial charge in [0.05, 0.1) is 17.1 Å². The summed E-state index contributed by atoms with van der Waals surface area (Å²) >= 11 is 0. The first-order valence-corrected chi connectivity index (χ1v) is 11.3. The molecule has 1 amide bonds. The van der Waals surface area contributed by atoms with Crippen molar-refractivity contribution in [1.82, 2.24) is 24.5 Å². The van der Waals surface area contributed by atoms with Crippen LogP contribution in [0.15, 0.2) is 77.9 Å². The number of aldehydes is 1. The van der Waals surface area contributed by atoms with Crippen LogP contribution in [0.4, 0.5) is 0 Å². The van der Waals surface area contributed by atoms with Gasteiger partial charge in [-0.25, -0.2) is 9.50 Å². The zero-order valence-electron chi connectivity index (χ0n) is 19.6. The van der Waals surface area contributed by atoms with Crippen LogP contribution in [-0.4, -0.2) is 31.4 Å². The molecule has 0 saturated carbocycles. The second-order valence-corrected chi connectivity index (χ2v) is 8.25. The van der Waals surface area contributed by atoms with E-state index in [9.17, 15) is 14.4 Å². The quantitative estimate of drug-likeness (QED) is 0.317. The Morgan fingerprint density at radius 1 is 1.11 bits per heavy atom. The maximum atomic E-state index is 13.9. The lowest BCUT2D eigenvalue weighted by Gasteiger charge is -2.21. The van der Waals surface area contributed by atoms with Crippen molar-refractivity contribution < 1.29 is 9.59 Å². The lowest BCUT2D eigenvalue weighted by atomic mass is 10.0. The van der Waals surface area contributed by atoms with Crippen LogP contribution in [0.3, 0.4) is 0 Å². The fourth-order valence-electron chi connectivity index (χ4n) is 4.36. The molecule has 0 spiro atoms. The third-order valence-corrected chi connectivity index (χ3v) is 5.94. The molecule has 3 aromatic heterocycles. The van der Waals surface area contributed by atoms with Crippen LogP contribution in [0.5, 0.6) is 0 Å². The molecule has 0 aliphatic carbocycles. The summed E-state index contributed by atoms with van der Waals surface area (Å²) in [4.78, 5) is 42.3. The number of carbonyl (C=O) groups excluding carboxylic acids is 2. The Kier molecular flexibility index (Phi) is 5.88. The summed E-state index contributed by atoms with van der Waals surface area (Å²) in [5.41, 5.74) is 2.79. The average molecular weight is 476 g/mol. The number of carbonyl (C=O) groups is 2. The summed E-state index contributed by atoms with van der Waals surface area (Å²) in [5, 5.41) is 8.45. The Morgan fingerprint density at radius 3 is 2.69 bits per heavy atom. The molecule has 2 aromatic carbocycles. The van der Waals surface area contributed by atoms with Gasteiger partial charge in [0.25, 0.3) is 11.5 Å². The third kappa shape index (κ3) is 3.93. The Morgan fingerprint density at radius 2 is 1.92 bits per heavy atom.